The lowest BCUT2D eigenvalue weighted by Gasteiger charge is -2.20. The zero-order valence-electron chi connectivity index (χ0n) is 21.7. The number of amides is 2. The summed E-state index contributed by atoms with van der Waals surface area (Å²) in [5.74, 6) is 2.04. The van der Waals surface area contributed by atoms with E-state index in [1.165, 1.54) is 21.3 Å². The number of nitrogens with zero attached hydrogens (tertiary/aromatic N) is 2. The highest BCUT2D eigenvalue weighted by atomic mass is 16.5. The average Bonchev–Trinajstić information content (AvgIpc) is 3.36. The highest BCUT2D eigenvalue weighted by molar-refractivity contribution is 6.03. The van der Waals surface area contributed by atoms with Crippen molar-refractivity contribution in [1.29, 1.82) is 0 Å². The molecule has 0 bridgehead atoms. The molecule has 1 N–H and O–H groups in total. The quantitative estimate of drug-likeness (QED) is 0.459. The molecule has 2 aliphatic rings. The zero-order valence-corrected chi connectivity index (χ0v) is 21.7. The minimum Gasteiger partial charge on any atom is -0.493 e. The number of hydrogen-bond donors (Lipinski definition) is 1. The van der Waals surface area contributed by atoms with Crippen LogP contribution < -0.4 is 29.0 Å². The van der Waals surface area contributed by atoms with Gasteiger partial charge in [0, 0.05) is 30.9 Å². The maximum absolute atomic E-state index is 13.0. The Kier molecular flexibility index (Phi) is 8.37. The van der Waals surface area contributed by atoms with Crippen LogP contribution in [0.5, 0.6) is 28.7 Å². The van der Waals surface area contributed by atoms with E-state index in [-0.39, 0.29) is 17.9 Å². The monoisotopic (exact) mass is 511 g/mol. The van der Waals surface area contributed by atoms with Crippen LogP contribution in [0, 0.1) is 0 Å². The van der Waals surface area contributed by atoms with Gasteiger partial charge in [0.05, 0.1) is 52.3 Å². The summed E-state index contributed by atoms with van der Waals surface area (Å²) in [4.78, 5) is 32.0. The normalized spacial score (nSPS) is 15.9. The van der Waals surface area contributed by atoms with Crippen molar-refractivity contribution in [3.8, 4) is 28.7 Å². The average molecular weight is 512 g/mol. The Morgan fingerprint density at radius 2 is 1.70 bits per heavy atom. The Labute approximate surface area is 216 Å². The Morgan fingerprint density at radius 1 is 0.973 bits per heavy atom. The lowest BCUT2D eigenvalue weighted by atomic mass is 10.1. The minimum atomic E-state index is -0.240. The molecule has 2 aliphatic heterocycles. The maximum atomic E-state index is 13.0. The van der Waals surface area contributed by atoms with Crippen LogP contribution in [0.2, 0.25) is 0 Å². The van der Waals surface area contributed by atoms with Gasteiger partial charge in [0.2, 0.25) is 5.75 Å². The molecular weight excluding hydrogens is 478 g/mol. The van der Waals surface area contributed by atoms with E-state index < -0.39 is 0 Å². The number of fused-ring (bicyclic) bond motifs is 2. The standard InChI is InChI=1S/C27H33N3O7/c1-33-21-14-19-20(29-16-18-8-7-10-30(18)27(19)32)15-22(21)37-11-6-5-9-28-26(31)17-12-23(34-2)25(36-4)24(13-17)35-3/h12-16,18H,5-11H2,1-4H3,(H,28,31)/t18-/m0/s1. The first-order valence-electron chi connectivity index (χ1n) is 12.3. The van der Waals surface area contributed by atoms with Crippen LogP contribution in [0.15, 0.2) is 29.3 Å². The Hall–Kier alpha value is -3.95. The molecule has 2 aromatic rings. The van der Waals surface area contributed by atoms with Crippen molar-refractivity contribution in [3.05, 3.63) is 35.4 Å². The molecule has 2 aromatic carbocycles. The SMILES string of the molecule is COc1cc2c(cc1OCCCCNC(=O)c1cc(OC)c(OC)c(OC)c1)N=C[C@@H]1CCCN1C2=O. The Bertz CT molecular complexity index is 1160. The molecule has 2 heterocycles. The first-order chi connectivity index (χ1) is 18.0. The lowest BCUT2D eigenvalue weighted by molar-refractivity contribution is 0.0774. The highest BCUT2D eigenvalue weighted by Gasteiger charge is 2.32. The molecule has 0 radical (unpaired) electrons. The Balaban J connectivity index is 1.30. The number of hydrogen-bond acceptors (Lipinski definition) is 8. The fourth-order valence-electron chi connectivity index (χ4n) is 4.55. The summed E-state index contributed by atoms with van der Waals surface area (Å²) in [6.07, 6.45) is 5.17. The second-order valence-corrected chi connectivity index (χ2v) is 8.73. The van der Waals surface area contributed by atoms with Gasteiger partial charge in [-0.2, -0.15) is 0 Å². The number of aliphatic imine (C=N–C) groups is 1. The van der Waals surface area contributed by atoms with Crippen LogP contribution in [0.3, 0.4) is 0 Å². The van der Waals surface area contributed by atoms with Crippen LogP contribution in [0.4, 0.5) is 5.69 Å². The third-order valence-electron chi connectivity index (χ3n) is 6.50. The molecule has 4 rings (SSSR count). The van der Waals surface area contributed by atoms with E-state index in [2.05, 4.69) is 10.3 Å². The van der Waals surface area contributed by atoms with Gasteiger partial charge in [0.15, 0.2) is 23.0 Å². The van der Waals surface area contributed by atoms with E-state index in [1.807, 2.05) is 11.1 Å². The molecule has 0 spiro atoms. The van der Waals surface area contributed by atoms with Crippen LogP contribution in [0.25, 0.3) is 0 Å². The third kappa shape index (κ3) is 5.58. The van der Waals surface area contributed by atoms with Crippen molar-refractivity contribution in [2.45, 2.75) is 31.7 Å². The molecule has 0 saturated carbocycles. The molecule has 37 heavy (non-hydrogen) atoms. The van der Waals surface area contributed by atoms with Crippen molar-refractivity contribution in [2.24, 2.45) is 4.99 Å². The highest BCUT2D eigenvalue weighted by Crippen LogP contribution is 2.39. The summed E-state index contributed by atoms with van der Waals surface area (Å²) in [6, 6.07) is 6.74. The molecule has 198 valence electrons. The van der Waals surface area contributed by atoms with Crippen LogP contribution in [0.1, 0.15) is 46.4 Å². The molecular formula is C27H33N3O7. The predicted molar refractivity (Wildman–Crippen MR) is 138 cm³/mol. The van der Waals surface area contributed by atoms with Gasteiger partial charge in [-0.1, -0.05) is 0 Å². The second kappa shape index (κ2) is 11.9. The molecule has 10 nitrogen and oxygen atoms in total. The fraction of sp³-hybridized carbons (Fsp3) is 0.444. The summed E-state index contributed by atoms with van der Waals surface area (Å²) in [5.41, 5.74) is 1.53. The number of unbranched alkanes of at least 4 members (excludes halogenated alkanes) is 1. The van der Waals surface area contributed by atoms with Crippen molar-refractivity contribution >= 4 is 23.7 Å². The van der Waals surface area contributed by atoms with Crippen LogP contribution >= 0.6 is 0 Å². The maximum Gasteiger partial charge on any atom is 0.256 e. The van der Waals surface area contributed by atoms with Gasteiger partial charge < -0.3 is 33.9 Å². The van der Waals surface area contributed by atoms with Gasteiger partial charge in [-0.3, -0.25) is 14.6 Å². The number of methoxy groups -OCH3 is 4. The van der Waals surface area contributed by atoms with Crippen molar-refractivity contribution in [3.63, 3.8) is 0 Å². The van der Waals surface area contributed by atoms with E-state index >= 15 is 0 Å². The summed E-state index contributed by atoms with van der Waals surface area (Å²) >= 11 is 0. The molecule has 0 aliphatic carbocycles. The lowest BCUT2D eigenvalue weighted by Crippen LogP contribution is -2.35. The summed E-state index contributed by atoms with van der Waals surface area (Å²) < 4.78 is 27.4. The number of carbonyl (C=O) groups is 2. The van der Waals surface area contributed by atoms with E-state index in [0.717, 1.165) is 19.4 Å². The van der Waals surface area contributed by atoms with Crippen LogP contribution in [-0.4, -0.2) is 77.1 Å². The van der Waals surface area contributed by atoms with Gasteiger partial charge in [-0.25, -0.2) is 0 Å². The van der Waals surface area contributed by atoms with E-state index in [0.29, 0.717) is 71.6 Å². The Morgan fingerprint density at radius 3 is 2.38 bits per heavy atom. The molecule has 10 heteroatoms. The van der Waals surface area contributed by atoms with E-state index in [4.69, 9.17) is 23.7 Å². The zero-order chi connectivity index (χ0) is 26.4. The molecule has 1 fully saturated rings. The second-order valence-electron chi connectivity index (χ2n) is 8.73. The van der Waals surface area contributed by atoms with Crippen molar-refractivity contribution in [1.82, 2.24) is 10.2 Å². The first kappa shape index (κ1) is 26.1. The van der Waals surface area contributed by atoms with Gasteiger partial charge >= 0.3 is 0 Å². The van der Waals surface area contributed by atoms with E-state index in [1.54, 1.807) is 31.4 Å². The number of rotatable bonds is 11. The molecule has 0 unspecified atom stereocenters. The first-order valence-corrected chi connectivity index (χ1v) is 12.3. The molecule has 2 amide bonds. The van der Waals surface area contributed by atoms with Crippen molar-refractivity contribution < 1.29 is 33.3 Å². The number of carbonyl (C=O) groups excluding carboxylic acids is 2. The largest absolute Gasteiger partial charge is 0.493 e. The minimum absolute atomic E-state index is 0.0253. The summed E-state index contributed by atoms with van der Waals surface area (Å²) in [6.45, 7) is 1.63. The third-order valence-corrected chi connectivity index (χ3v) is 6.50. The topological polar surface area (TPSA) is 108 Å². The van der Waals surface area contributed by atoms with Gasteiger partial charge in [-0.15, -0.1) is 0 Å². The molecule has 0 aromatic heterocycles. The predicted octanol–water partition coefficient (Wildman–Crippen LogP) is 3.63. The number of nitrogens with one attached hydrogen (secondary N) is 1. The summed E-state index contributed by atoms with van der Waals surface area (Å²) in [7, 11) is 6.08. The van der Waals surface area contributed by atoms with Gasteiger partial charge in [-0.05, 0) is 43.9 Å². The van der Waals surface area contributed by atoms with Gasteiger partial charge in [0.1, 0.15) is 0 Å². The molecule has 1 atom stereocenters. The number of ether oxygens (including phenoxy) is 5. The smallest absolute Gasteiger partial charge is 0.256 e. The van der Waals surface area contributed by atoms with Gasteiger partial charge in [0.25, 0.3) is 11.8 Å². The fourth-order valence-corrected chi connectivity index (χ4v) is 4.55. The van der Waals surface area contributed by atoms with Crippen molar-refractivity contribution in [2.75, 3.05) is 48.1 Å². The number of benzene rings is 2. The van der Waals surface area contributed by atoms with Crippen LogP contribution in [-0.2, 0) is 0 Å². The van der Waals surface area contributed by atoms with E-state index in [9.17, 15) is 9.59 Å². The summed E-state index contributed by atoms with van der Waals surface area (Å²) in [5, 5.41) is 2.90. The molecule has 1 saturated heterocycles.